The maximum Gasteiger partial charge on any atom is 0.263 e. The fraction of sp³-hybridized carbons (Fsp3) is 0.625. The molecule has 5 heteroatoms. The molecule has 1 aliphatic heterocycles. The number of carbonyl (C=O) groups is 1. The van der Waals surface area contributed by atoms with Crippen LogP contribution in [0.4, 0.5) is 0 Å². The Kier molecular flexibility index (Phi) is 3.61. The quantitative estimate of drug-likeness (QED) is 0.822. The Hall–Kier alpha value is -1.62. The Morgan fingerprint density at radius 2 is 1.86 bits per heavy atom. The van der Waals surface area contributed by atoms with Crippen molar-refractivity contribution in [3.8, 4) is 0 Å². The van der Waals surface area contributed by atoms with E-state index in [4.69, 9.17) is 4.74 Å². The number of pyridine rings is 1. The molecule has 1 aromatic rings. The third-order valence-electron chi connectivity index (χ3n) is 5.09. The first kappa shape index (κ1) is 14.3. The largest absolute Gasteiger partial charge is 0.381 e. The van der Waals surface area contributed by atoms with Gasteiger partial charge in [0.05, 0.1) is 6.10 Å². The fourth-order valence-electron chi connectivity index (χ4n) is 3.78. The molecule has 5 nitrogen and oxygen atoms in total. The van der Waals surface area contributed by atoms with Crippen LogP contribution in [0.2, 0.25) is 0 Å². The van der Waals surface area contributed by atoms with Crippen molar-refractivity contribution in [1.29, 1.82) is 0 Å². The maximum atomic E-state index is 12.7. The molecule has 0 radical (unpaired) electrons. The highest BCUT2D eigenvalue weighted by Gasteiger charge is 2.43. The number of hydrogen-bond acceptors (Lipinski definition) is 3. The molecule has 1 aliphatic carbocycles. The lowest BCUT2D eigenvalue weighted by Gasteiger charge is -2.37. The van der Waals surface area contributed by atoms with Crippen molar-refractivity contribution in [2.75, 3.05) is 20.2 Å². The molecule has 1 saturated heterocycles. The lowest BCUT2D eigenvalue weighted by Crippen LogP contribution is -2.49. The van der Waals surface area contributed by atoms with Crippen LogP contribution in [0.5, 0.6) is 0 Å². The lowest BCUT2D eigenvalue weighted by molar-refractivity contribution is -0.0114. The van der Waals surface area contributed by atoms with Crippen molar-refractivity contribution in [3.63, 3.8) is 0 Å². The number of carbonyl (C=O) groups excluding carboxylic acids is 1. The first-order chi connectivity index (χ1) is 10.0. The van der Waals surface area contributed by atoms with E-state index in [0.717, 1.165) is 18.5 Å². The van der Waals surface area contributed by atoms with Gasteiger partial charge >= 0.3 is 0 Å². The second-order valence-corrected chi connectivity index (χ2v) is 6.26. The van der Waals surface area contributed by atoms with Gasteiger partial charge < -0.3 is 14.2 Å². The van der Waals surface area contributed by atoms with Crippen molar-refractivity contribution in [2.45, 2.75) is 25.9 Å². The van der Waals surface area contributed by atoms with Crippen molar-refractivity contribution in [3.05, 3.63) is 33.7 Å². The van der Waals surface area contributed by atoms with Crippen LogP contribution in [0.25, 0.3) is 0 Å². The molecule has 3 atom stereocenters. The Labute approximate surface area is 124 Å². The Morgan fingerprint density at radius 3 is 2.43 bits per heavy atom. The zero-order valence-corrected chi connectivity index (χ0v) is 12.8. The molecule has 1 unspecified atom stereocenters. The minimum Gasteiger partial charge on any atom is -0.381 e. The molecule has 3 rings (SSSR count). The van der Waals surface area contributed by atoms with Crippen LogP contribution in [0.1, 0.15) is 28.9 Å². The molecule has 2 fully saturated rings. The number of aromatic nitrogens is 1. The van der Waals surface area contributed by atoms with E-state index < -0.39 is 0 Å². The molecular weight excluding hydrogens is 268 g/mol. The predicted molar refractivity (Wildman–Crippen MR) is 79.3 cm³/mol. The molecule has 0 aromatic carbocycles. The number of rotatable bonds is 2. The monoisotopic (exact) mass is 290 g/mol. The smallest absolute Gasteiger partial charge is 0.263 e. The Bertz CT molecular complexity index is 608. The van der Waals surface area contributed by atoms with Crippen molar-refractivity contribution < 1.29 is 9.53 Å². The second kappa shape index (κ2) is 5.30. The molecule has 1 saturated carbocycles. The molecule has 1 amide bonds. The first-order valence-electron chi connectivity index (χ1n) is 7.51. The molecule has 0 N–H and O–H groups in total. The first-order valence-corrected chi connectivity index (χ1v) is 7.51. The van der Waals surface area contributed by atoms with Crippen LogP contribution in [0.3, 0.4) is 0 Å². The Balaban J connectivity index is 1.85. The van der Waals surface area contributed by atoms with Crippen LogP contribution in [-0.2, 0) is 11.8 Å². The zero-order chi connectivity index (χ0) is 15.1. The topological polar surface area (TPSA) is 51.5 Å². The molecule has 0 spiro atoms. The van der Waals surface area contributed by atoms with E-state index in [2.05, 4.69) is 0 Å². The van der Waals surface area contributed by atoms with E-state index in [1.807, 2.05) is 17.9 Å². The second-order valence-electron chi connectivity index (χ2n) is 6.26. The Morgan fingerprint density at radius 1 is 1.24 bits per heavy atom. The number of ether oxygens (including phenoxy) is 1. The summed E-state index contributed by atoms with van der Waals surface area (Å²) in [4.78, 5) is 26.8. The average Bonchev–Trinajstić information content (AvgIpc) is 2.72. The van der Waals surface area contributed by atoms with Gasteiger partial charge in [-0.05, 0) is 31.9 Å². The molecule has 114 valence electrons. The standard InChI is InChI=1S/C16H22N2O3/c1-10-4-7-13(15(19)17(10)2)16(20)18-8-11-5-6-12(9-18)14(11)21-3/h4,7,11-12,14H,5-6,8-9H2,1-3H3/t11-,12+,14?. The van der Waals surface area contributed by atoms with Gasteiger partial charge in [0, 0.05) is 44.8 Å². The van der Waals surface area contributed by atoms with Crippen molar-refractivity contribution >= 4 is 5.91 Å². The average molecular weight is 290 g/mol. The summed E-state index contributed by atoms with van der Waals surface area (Å²) in [5.41, 5.74) is 0.925. The number of amides is 1. The predicted octanol–water partition coefficient (Wildman–Crippen LogP) is 1.19. The van der Waals surface area contributed by atoms with Gasteiger partial charge in [0.2, 0.25) is 0 Å². The molecule has 1 aromatic heterocycles. The van der Waals surface area contributed by atoms with E-state index in [1.165, 1.54) is 4.57 Å². The van der Waals surface area contributed by atoms with Gasteiger partial charge in [-0.1, -0.05) is 0 Å². The van der Waals surface area contributed by atoms with Crippen LogP contribution >= 0.6 is 0 Å². The normalized spacial score (nSPS) is 28.0. The van der Waals surface area contributed by atoms with Gasteiger partial charge in [-0.3, -0.25) is 9.59 Å². The molecule has 2 aliphatic rings. The van der Waals surface area contributed by atoms with Crippen LogP contribution < -0.4 is 5.56 Å². The summed E-state index contributed by atoms with van der Waals surface area (Å²) in [7, 11) is 3.46. The summed E-state index contributed by atoms with van der Waals surface area (Å²) in [6.45, 7) is 3.26. The van der Waals surface area contributed by atoms with Crippen molar-refractivity contribution in [2.24, 2.45) is 18.9 Å². The fourth-order valence-corrected chi connectivity index (χ4v) is 3.78. The van der Waals surface area contributed by atoms with Crippen molar-refractivity contribution in [1.82, 2.24) is 9.47 Å². The summed E-state index contributed by atoms with van der Waals surface area (Å²) in [5, 5.41) is 0. The number of fused-ring (bicyclic) bond motifs is 2. The van der Waals surface area contributed by atoms with E-state index in [1.54, 1.807) is 20.2 Å². The van der Waals surface area contributed by atoms with E-state index in [-0.39, 0.29) is 23.1 Å². The summed E-state index contributed by atoms with van der Waals surface area (Å²) >= 11 is 0. The van der Waals surface area contributed by atoms with E-state index >= 15 is 0 Å². The third kappa shape index (κ3) is 2.29. The highest BCUT2D eigenvalue weighted by Crippen LogP contribution is 2.38. The lowest BCUT2D eigenvalue weighted by atomic mass is 9.94. The number of methoxy groups -OCH3 is 1. The van der Waals surface area contributed by atoms with Gasteiger partial charge in [0.25, 0.3) is 11.5 Å². The SMILES string of the molecule is COC1[C@@H]2CC[C@H]1CN(C(=O)c1ccc(C)n(C)c1=O)C2. The van der Waals surface area contributed by atoms with Gasteiger partial charge in [0.1, 0.15) is 5.56 Å². The van der Waals surface area contributed by atoms with Gasteiger partial charge in [0.15, 0.2) is 0 Å². The van der Waals surface area contributed by atoms with Gasteiger partial charge in [-0.15, -0.1) is 0 Å². The summed E-state index contributed by atoms with van der Waals surface area (Å²) in [6.07, 6.45) is 2.49. The number of likely N-dealkylation sites (tertiary alicyclic amines) is 1. The summed E-state index contributed by atoms with van der Waals surface area (Å²) < 4.78 is 7.10. The maximum absolute atomic E-state index is 12.7. The number of nitrogens with zero attached hydrogens (tertiary/aromatic N) is 2. The minimum absolute atomic E-state index is 0.137. The summed E-state index contributed by atoms with van der Waals surface area (Å²) in [6, 6.07) is 3.48. The minimum atomic E-state index is -0.207. The number of piperidine rings is 1. The highest BCUT2D eigenvalue weighted by atomic mass is 16.5. The van der Waals surface area contributed by atoms with Gasteiger partial charge in [-0.25, -0.2) is 0 Å². The van der Waals surface area contributed by atoms with Crippen LogP contribution in [-0.4, -0.2) is 41.7 Å². The molecule has 2 heterocycles. The zero-order valence-electron chi connectivity index (χ0n) is 12.8. The van der Waals surface area contributed by atoms with E-state index in [0.29, 0.717) is 24.9 Å². The molecule has 2 bridgehead atoms. The van der Waals surface area contributed by atoms with Crippen LogP contribution in [0, 0.1) is 18.8 Å². The van der Waals surface area contributed by atoms with Crippen LogP contribution in [0.15, 0.2) is 16.9 Å². The number of hydrogen-bond donors (Lipinski definition) is 0. The number of aryl methyl sites for hydroxylation is 1. The molecule has 21 heavy (non-hydrogen) atoms. The third-order valence-corrected chi connectivity index (χ3v) is 5.09. The summed E-state index contributed by atoms with van der Waals surface area (Å²) in [5.74, 6) is 0.682. The highest BCUT2D eigenvalue weighted by molar-refractivity contribution is 5.94. The van der Waals surface area contributed by atoms with E-state index in [9.17, 15) is 9.59 Å². The molecular formula is C16H22N2O3. The van der Waals surface area contributed by atoms with Gasteiger partial charge in [-0.2, -0.15) is 0 Å².